The van der Waals surface area contributed by atoms with Gasteiger partial charge in [-0.15, -0.1) is 11.3 Å². The van der Waals surface area contributed by atoms with Crippen molar-refractivity contribution in [1.29, 1.82) is 0 Å². The van der Waals surface area contributed by atoms with Gasteiger partial charge in [0.15, 0.2) is 6.61 Å². The lowest BCUT2D eigenvalue weighted by Gasteiger charge is -2.14. The van der Waals surface area contributed by atoms with Gasteiger partial charge in [0.2, 0.25) is 0 Å². The van der Waals surface area contributed by atoms with Gasteiger partial charge in [-0.2, -0.15) is 0 Å². The summed E-state index contributed by atoms with van der Waals surface area (Å²) in [5.41, 5.74) is 1.18. The van der Waals surface area contributed by atoms with Gasteiger partial charge in [0.05, 0.1) is 17.7 Å². The molecular weight excluding hydrogens is 392 g/mol. The van der Waals surface area contributed by atoms with E-state index < -0.39 is 24.5 Å². The van der Waals surface area contributed by atoms with Crippen molar-refractivity contribution in [2.45, 2.75) is 19.9 Å². The fraction of sp³-hybridized carbons (Fsp3) is 0.278. The molecule has 2 rings (SSSR count). The third-order valence-corrected chi connectivity index (χ3v) is 4.82. The highest BCUT2D eigenvalue weighted by Crippen LogP contribution is 2.30. The topological polar surface area (TPSA) is 93.7 Å². The van der Waals surface area contributed by atoms with Gasteiger partial charge < -0.3 is 20.1 Å². The predicted molar refractivity (Wildman–Crippen MR) is 104 cm³/mol. The first-order chi connectivity index (χ1) is 12.8. The fourth-order valence-corrected chi connectivity index (χ4v) is 2.89. The van der Waals surface area contributed by atoms with Crippen LogP contribution in [0.25, 0.3) is 0 Å². The Morgan fingerprint density at radius 1 is 1.30 bits per heavy atom. The second-order valence-corrected chi connectivity index (χ2v) is 6.98. The van der Waals surface area contributed by atoms with Crippen LogP contribution < -0.4 is 15.4 Å². The normalized spacial score (nSPS) is 11.4. The second-order valence-electron chi connectivity index (χ2n) is 5.63. The van der Waals surface area contributed by atoms with Gasteiger partial charge in [0, 0.05) is 11.1 Å². The largest absolute Gasteiger partial charge is 0.495 e. The molecule has 2 amide bonds. The van der Waals surface area contributed by atoms with E-state index in [0.29, 0.717) is 21.3 Å². The minimum Gasteiger partial charge on any atom is -0.495 e. The maximum Gasteiger partial charge on any atom is 0.328 e. The van der Waals surface area contributed by atoms with Gasteiger partial charge in [-0.3, -0.25) is 9.59 Å². The number of rotatable bonds is 7. The number of aryl methyl sites for hydroxylation is 1. The summed E-state index contributed by atoms with van der Waals surface area (Å²) in [7, 11) is 1.45. The number of carbonyl (C=O) groups excluding carboxylic acids is 3. The summed E-state index contributed by atoms with van der Waals surface area (Å²) in [5, 5.41) is 7.38. The molecule has 2 N–H and O–H groups in total. The van der Waals surface area contributed by atoms with Gasteiger partial charge in [0.25, 0.3) is 11.8 Å². The Balaban J connectivity index is 1.87. The van der Waals surface area contributed by atoms with Gasteiger partial charge in [-0.05, 0) is 36.9 Å². The van der Waals surface area contributed by atoms with E-state index in [1.807, 2.05) is 0 Å². The van der Waals surface area contributed by atoms with E-state index in [1.54, 1.807) is 36.6 Å². The zero-order valence-electron chi connectivity index (χ0n) is 15.0. The molecule has 1 aromatic heterocycles. The zero-order valence-corrected chi connectivity index (χ0v) is 16.6. The Hall–Kier alpha value is -2.58. The Kier molecular flexibility index (Phi) is 7.20. The molecule has 0 radical (unpaired) electrons. The van der Waals surface area contributed by atoms with Crippen LogP contribution in [0.2, 0.25) is 5.02 Å². The lowest BCUT2D eigenvalue weighted by Crippen LogP contribution is -2.40. The van der Waals surface area contributed by atoms with Crippen LogP contribution in [0.1, 0.15) is 22.2 Å². The molecule has 0 aliphatic carbocycles. The molecule has 1 unspecified atom stereocenters. The Labute approximate surface area is 165 Å². The van der Waals surface area contributed by atoms with Gasteiger partial charge in [-0.1, -0.05) is 17.7 Å². The lowest BCUT2D eigenvalue weighted by atomic mass is 10.2. The number of carbonyl (C=O) groups is 3. The minimum atomic E-state index is -0.889. The van der Waals surface area contributed by atoms with E-state index in [2.05, 4.69) is 10.6 Å². The van der Waals surface area contributed by atoms with Crippen molar-refractivity contribution in [3.63, 3.8) is 0 Å². The number of hydrogen-bond acceptors (Lipinski definition) is 6. The number of ether oxygens (including phenoxy) is 2. The van der Waals surface area contributed by atoms with E-state index in [0.717, 1.165) is 5.56 Å². The van der Waals surface area contributed by atoms with E-state index in [4.69, 9.17) is 21.1 Å². The molecule has 0 aliphatic rings. The van der Waals surface area contributed by atoms with Crippen LogP contribution in [-0.2, 0) is 14.3 Å². The molecular formula is C18H19ClN2O5S. The third kappa shape index (κ3) is 5.70. The molecule has 2 aromatic rings. The van der Waals surface area contributed by atoms with Crippen molar-refractivity contribution < 1.29 is 23.9 Å². The van der Waals surface area contributed by atoms with Crippen molar-refractivity contribution >= 4 is 46.4 Å². The molecule has 144 valence electrons. The Morgan fingerprint density at radius 3 is 2.67 bits per heavy atom. The Bertz CT molecular complexity index is 839. The molecule has 0 spiro atoms. The summed E-state index contributed by atoms with van der Waals surface area (Å²) in [6.45, 7) is 2.77. The van der Waals surface area contributed by atoms with Crippen LogP contribution in [0, 0.1) is 6.92 Å². The van der Waals surface area contributed by atoms with Crippen molar-refractivity contribution in [1.82, 2.24) is 5.32 Å². The van der Waals surface area contributed by atoms with Crippen LogP contribution in [0.15, 0.2) is 29.6 Å². The van der Waals surface area contributed by atoms with Crippen LogP contribution in [0.3, 0.4) is 0 Å². The number of nitrogens with one attached hydrogen (secondary N) is 2. The molecule has 27 heavy (non-hydrogen) atoms. The Morgan fingerprint density at radius 2 is 2.04 bits per heavy atom. The summed E-state index contributed by atoms with van der Waals surface area (Å²) in [5.74, 6) is -1.24. The molecule has 1 heterocycles. The van der Waals surface area contributed by atoms with Crippen LogP contribution in [0.5, 0.6) is 5.75 Å². The van der Waals surface area contributed by atoms with E-state index >= 15 is 0 Å². The second kappa shape index (κ2) is 9.38. The number of anilines is 1. The van der Waals surface area contributed by atoms with Crippen LogP contribution >= 0.6 is 22.9 Å². The van der Waals surface area contributed by atoms with Gasteiger partial charge in [-0.25, -0.2) is 4.79 Å². The number of amides is 2. The van der Waals surface area contributed by atoms with Gasteiger partial charge in [0.1, 0.15) is 11.8 Å². The van der Waals surface area contributed by atoms with E-state index in [1.165, 1.54) is 25.4 Å². The number of hydrogen-bond donors (Lipinski definition) is 2. The molecule has 9 heteroatoms. The first-order valence-electron chi connectivity index (χ1n) is 7.96. The maximum atomic E-state index is 12.1. The molecule has 7 nitrogen and oxygen atoms in total. The highest BCUT2D eigenvalue weighted by atomic mass is 35.5. The number of methoxy groups -OCH3 is 1. The average molecular weight is 411 g/mol. The minimum absolute atomic E-state index is 0.375. The summed E-state index contributed by atoms with van der Waals surface area (Å²) in [6.07, 6.45) is 0. The average Bonchev–Trinajstić information content (AvgIpc) is 3.17. The zero-order chi connectivity index (χ0) is 20.0. The number of esters is 1. The lowest BCUT2D eigenvalue weighted by molar-refractivity contribution is -0.148. The van der Waals surface area contributed by atoms with E-state index in [9.17, 15) is 14.4 Å². The molecule has 0 saturated carbocycles. The third-order valence-electron chi connectivity index (χ3n) is 3.55. The SMILES string of the molecule is COc1cc(Cl)c(C)cc1NC(=O)COC(=O)C(C)NC(=O)c1cccs1. The van der Waals surface area contributed by atoms with Crippen molar-refractivity contribution in [3.8, 4) is 5.75 Å². The first-order valence-corrected chi connectivity index (χ1v) is 9.22. The van der Waals surface area contributed by atoms with E-state index in [-0.39, 0.29) is 5.91 Å². The highest BCUT2D eigenvalue weighted by Gasteiger charge is 2.20. The van der Waals surface area contributed by atoms with Crippen LogP contribution in [0.4, 0.5) is 5.69 Å². The maximum absolute atomic E-state index is 12.1. The monoisotopic (exact) mass is 410 g/mol. The fourth-order valence-electron chi connectivity index (χ4n) is 2.11. The molecule has 1 atom stereocenters. The highest BCUT2D eigenvalue weighted by molar-refractivity contribution is 7.12. The summed E-state index contributed by atoms with van der Waals surface area (Å²) in [4.78, 5) is 36.4. The molecule has 1 aromatic carbocycles. The molecule has 0 saturated heterocycles. The number of thiophene rings is 1. The molecule has 0 fully saturated rings. The van der Waals surface area contributed by atoms with Crippen LogP contribution in [-0.4, -0.2) is 37.5 Å². The standard InChI is InChI=1S/C18H19ClN2O5S/c1-10-7-13(14(25-3)8-12(10)19)21-16(22)9-26-18(24)11(2)20-17(23)15-5-4-6-27-15/h4-8,11H,9H2,1-3H3,(H,20,23)(H,21,22). The number of halogens is 1. The number of benzene rings is 1. The van der Waals surface area contributed by atoms with Gasteiger partial charge >= 0.3 is 5.97 Å². The molecule has 0 bridgehead atoms. The summed E-state index contributed by atoms with van der Waals surface area (Å²) >= 11 is 7.28. The van der Waals surface area contributed by atoms with Crippen molar-refractivity contribution in [2.75, 3.05) is 19.0 Å². The summed E-state index contributed by atoms with van der Waals surface area (Å²) < 4.78 is 10.1. The summed E-state index contributed by atoms with van der Waals surface area (Å²) in [6, 6.07) is 5.73. The van der Waals surface area contributed by atoms with Crippen molar-refractivity contribution in [2.24, 2.45) is 0 Å². The predicted octanol–water partition coefficient (Wildman–Crippen LogP) is 3.02. The van der Waals surface area contributed by atoms with Crippen molar-refractivity contribution in [3.05, 3.63) is 45.1 Å². The smallest absolute Gasteiger partial charge is 0.328 e. The quantitative estimate of drug-likeness (QED) is 0.684. The molecule has 0 aliphatic heterocycles. The first kappa shape index (κ1) is 20.7.